The number of halogens is 2. The number of nitrogen functional groups attached to an aromatic ring is 1. The highest BCUT2D eigenvalue weighted by Gasteiger charge is 2.20. The summed E-state index contributed by atoms with van der Waals surface area (Å²) in [7, 11) is 1.34. The van der Waals surface area contributed by atoms with E-state index in [2.05, 4.69) is 15.9 Å². The highest BCUT2D eigenvalue weighted by molar-refractivity contribution is 9.10. The molecule has 0 bridgehead atoms. The van der Waals surface area contributed by atoms with Crippen molar-refractivity contribution in [3.05, 3.63) is 38.1 Å². The van der Waals surface area contributed by atoms with E-state index < -0.39 is 5.97 Å². The second-order valence-electron chi connectivity index (χ2n) is 3.92. The summed E-state index contributed by atoms with van der Waals surface area (Å²) in [6, 6.07) is 5.63. The summed E-state index contributed by atoms with van der Waals surface area (Å²) in [5.74, 6) is -0.417. The zero-order valence-electron chi connectivity index (χ0n) is 10.3. The molecule has 0 aliphatic heterocycles. The molecule has 2 N–H and O–H groups in total. The van der Waals surface area contributed by atoms with Gasteiger partial charge in [0.2, 0.25) is 0 Å². The largest absolute Gasteiger partial charge is 0.465 e. The van der Waals surface area contributed by atoms with E-state index in [1.165, 1.54) is 18.4 Å². The predicted octanol–water partition coefficient (Wildman–Crippen LogP) is 4.51. The normalized spacial score (nSPS) is 10.5. The third-order valence-electron chi connectivity index (χ3n) is 2.75. The van der Waals surface area contributed by atoms with Gasteiger partial charge < -0.3 is 10.5 Å². The zero-order valence-corrected chi connectivity index (χ0v) is 13.4. The van der Waals surface area contributed by atoms with Crippen molar-refractivity contribution in [1.29, 1.82) is 0 Å². The lowest BCUT2D eigenvalue weighted by molar-refractivity contribution is 0.0607. The Morgan fingerprint density at radius 2 is 2.16 bits per heavy atom. The van der Waals surface area contributed by atoms with Crippen molar-refractivity contribution in [2.24, 2.45) is 0 Å². The van der Waals surface area contributed by atoms with Crippen LogP contribution in [-0.4, -0.2) is 13.1 Å². The fraction of sp³-hybridized carbons (Fsp3) is 0.154. The van der Waals surface area contributed by atoms with Gasteiger partial charge in [-0.05, 0) is 46.1 Å². The number of esters is 1. The highest BCUT2D eigenvalue weighted by atomic mass is 79.9. The molecule has 0 atom stereocenters. The molecule has 2 rings (SSSR count). The van der Waals surface area contributed by atoms with Gasteiger partial charge in [0.15, 0.2) is 0 Å². The number of ether oxygens (including phenoxy) is 1. The predicted molar refractivity (Wildman–Crippen MR) is 83.0 cm³/mol. The summed E-state index contributed by atoms with van der Waals surface area (Å²) in [6.45, 7) is 1.88. The van der Waals surface area contributed by atoms with Crippen LogP contribution in [0.3, 0.4) is 0 Å². The van der Waals surface area contributed by atoms with Crippen LogP contribution in [0.15, 0.2) is 22.7 Å². The van der Waals surface area contributed by atoms with Gasteiger partial charge in [0.25, 0.3) is 0 Å². The number of hydrogen-bond donors (Lipinski definition) is 1. The van der Waals surface area contributed by atoms with Crippen LogP contribution in [-0.2, 0) is 4.74 Å². The molecule has 0 radical (unpaired) electrons. The Hall–Kier alpha value is -1.04. The molecule has 19 heavy (non-hydrogen) atoms. The van der Waals surface area contributed by atoms with Gasteiger partial charge in [-0.2, -0.15) is 0 Å². The molecule has 0 spiro atoms. The summed E-state index contributed by atoms with van der Waals surface area (Å²) in [4.78, 5) is 13.0. The monoisotopic (exact) mass is 359 g/mol. The standard InChI is InChI=1S/C13H11BrClNO2S/c1-6-10(16)12(13(17)18-2)19-11(6)7-3-4-8(14)9(15)5-7/h3-5H,16H2,1-2H3. The molecule has 0 aliphatic carbocycles. The molecule has 2 aromatic rings. The molecule has 0 saturated heterocycles. The number of carbonyl (C=O) groups is 1. The Bertz CT molecular complexity index is 654. The Morgan fingerprint density at radius 1 is 1.47 bits per heavy atom. The summed E-state index contributed by atoms with van der Waals surface area (Å²) in [5.41, 5.74) is 8.21. The van der Waals surface area contributed by atoms with E-state index in [0.29, 0.717) is 15.6 Å². The Kier molecular flexibility index (Phi) is 4.18. The van der Waals surface area contributed by atoms with Gasteiger partial charge in [0.1, 0.15) is 4.88 Å². The van der Waals surface area contributed by atoms with E-state index in [-0.39, 0.29) is 0 Å². The minimum Gasteiger partial charge on any atom is -0.465 e. The van der Waals surface area contributed by atoms with Crippen molar-refractivity contribution in [1.82, 2.24) is 0 Å². The first-order chi connectivity index (χ1) is 8.95. The number of thiophene rings is 1. The van der Waals surface area contributed by atoms with Gasteiger partial charge in [-0.15, -0.1) is 11.3 Å². The van der Waals surface area contributed by atoms with Gasteiger partial charge in [-0.3, -0.25) is 0 Å². The van der Waals surface area contributed by atoms with Crippen molar-refractivity contribution in [3.63, 3.8) is 0 Å². The van der Waals surface area contributed by atoms with E-state index >= 15 is 0 Å². The van der Waals surface area contributed by atoms with Crippen molar-refractivity contribution in [2.75, 3.05) is 12.8 Å². The molecule has 0 aliphatic rings. The molecule has 0 unspecified atom stereocenters. The highest BCUT2D eigenvalue weighted by Crippen LogP contribution is 2.40. The van der Waals surface area contributed by atoms with Crippen LogP contribution in [0.25, 0.3) is 10.4 Å². The zero-order chi connectivity index (χ0) is 14.2. The van der Waals surface area contributed by atoms with E-state index in [4.69, 9.17) is 22.1 Å². The van der Waals surface area contributed by atoms with Crippen LogP contribution in [0, 0.1) is 6.92 Å². The molecule has 1 heterocycles. The lowest BCUT2D eigenvalue weighted by Crippen LogP contribution is -2.01. The van der Waals surface area contributed by atoms with Crippen molar-refractivity contribution in [3.8, 4) is 10.4 Å². The maximum Gasteiger partial charge on any atom is 0.350 e. The van der Waals surface area contributed by atoms with Crippen LogP contribution in [0.2, 0.25) is 5.02 Å². The Labute approximate surface area is 128 Å². The molecule has 100 valence electrons. The fourth-order valence-corrected chi connectivity index (χ4v) is 3.25. The first kappa shape index (κ1) is 14.4. The molecule has 0 fully saturated rings. The van der Waals surface area contributed by atoms with Gasteiger partial charge in [0, 0.05) is 9.35 Å². The molecule has 0 saturated carbocycles. The molecule has 1 aromatic carbocycles. The molecular formula is C13H11BrClNO2S. The smallest absolute Gasteiger partial charge is 0.350 e. The first-order valence-electron chi connectivity index (χ1n) is 5.38. The SMILES string of the molecule is COC(=O)c1sc(-c2ccc(Br)c(Cl)c2)c(C)c1N. The number of hydrogen-bond acceptors (Lipinski definition) is 4. The van der Waals surface area contributed by atoms with E-state index in [0.717, 1.165) is 20.5 Å². The number of carbonyl (C=O) groups excluding carboxylic acids is 1. The average molecular weight is 361 g/mol. The van der Waals surface area contributed by atoms with Crippen LogP contribution in [0.1, 0.15) is 15.2 Å². The minimum absolute atomic E-state index is 0.417. The molecule has 0 amide bonds. The Morgan fingerprint density at radius 3 is 2.74 bits per heavy atom. The Balaban J connectivity index is 2.57. The maximum absolute atomic E-state index is 11.6. The second kappa shape index (κ2) is 5.53. The maximum atomic E-state index is 11.6. The van der Waals surface area contributed by atoms with Gasteiger partial charge in [-0.25, -0.2) is 4.79 Å². The summed E-state index contributed by atoms with van der Waals surface area (Å²) in [5, 5.41) is 0.614. The molecular weight excluding hydrogens is 350 g/mol. The number of benzene rings is 1. The van der Waals surface area contributed by atoms with Crippen molar-refractivity contribution in [2.45, 2.75) is 6.92 Å². The number of rotatable bonds is 2. The summed E-state index contributed by atoms with van der Waals surface area (Å²) < 4.78 is 5.55. The van der Waals surface area contributed by atoms with Crippen molar-refractivity contribution < 1.29 is 9.53 Å². The third-order valence-corrected chi connectivity index (χ3v) is 5.32. The van der Waals surface area contributed by atoms with Crippen molar-refractivity contribution >= 4 is 50.5 Å². The lowest BCUT2D eigenvalue weighted by atomic mass is 10.1. The van der Waals surface area contributed by atoms with E-state index in [1.807, 2.05) is 25.1 Å². The van der Waals surface area contributed by atoms with Crippen LogP contribution >= 0.6 is 38.9 Å². The summed E-state index contributed by atoms with van der Waals surface area (Å²) in [6.07, 6.45) is 0. The third kappa shape index (κ3) is 2.63. The first-order valence-corrected chi connectivity index (χ1v) is 7.37. The topological polar surface area (TPSA) is 52.3 Å². The quantitative estimate of drug-likeness (QED) is 0.802. The van der Waals surface area contributed by atoms with Gasteiger partial charge in [-0.1, -0.05) is 17.7 Å². The van der Waals surface area contributed by atoms with E-state index in [1.54, 1.807) is 0 Å². The molecule has 6 heteroatoms. The molecule has 1 aromatic heterocycles. The van der Waals surface area contributed by atoms with Crippen LogP contribution in [0.5, 0.6) is 0 Å². The molecule has 3 nitrogen and oxygen atoms in total. The second-order valence-corrected chi connectivity index (χ2v) is 6.20. The van der Waals surface area contributed by atoms with Crippen LogP contribution < -0.4 is 5.73 Å². The number of nitrogens with two attached hydrogens (primary N) is 1. The van der Waals surface area contributed by atoms with E-state index in [9.17, 15) is 4.79 Å². The number of anilines is 1. The fourth-order valence-electron chi connectivity index (χ4n) is 1.68. The van der Waals surface area contributed by atoms with Crippen LogP contribution in [0.4, 0.5) is 5.69 Å². The lowest BCUT2D eigenvalue weighted by Gasteiger charge is -2.02. The van der Waals surface area contributed by atoms with Gasteiger partial charge >= 0.3 is 5.97 Å². The minimum atomic E-state index is -0.417. The van der Waals surface area contributed by atoms with Gasteiger partial charge in [0.05, 0.1) is 17.8 Å². The average Bonchev–Trinajstić information content (AvgIpc) is 2.69. The summed E-state index contributed by atoms with van der Waals surface area (Å²) >= 11 is 10.7. The number of methoxy groups -OCH3 is 1.